The van der Waals surface area contributed by atoms with E-state index in [1.54, 1.807) is 19.5 Å². The summed E-state index contributed by atoms with van der Waals surface area (Å²) < 4.78 is 5.32. The SMILES string of the molecule is COc1ccc(C)cc1NC(=O)c1cncc(NCCC2=CCCCC2)c1. The van der Waals surface area contributed by atoms with Crippen LogP contribution in [0.25, 0.3) is 0 Å². The van der Waals surface area contributed by atoms with Crippen molar-refractivity contribution >= 4 is 17.3 Å². The minimum atomic E-state index is -0.204. The number of hydrogen-bond donors (Lipinski definition) is 2. The molecule has 0 radical (unpaired) electrons. The molecule has 142 valence electrons. The van der Waals surface area contributed by atoms with Gasteiger partial charge in [0.25, 0.3) is 5.91 Å². The number of nitrogens with zero attached hydrogens (tertiary/aromatic N) is 1. The molecule has 2 aromatic rings. The third-order valence-electron chi connectivity index (χ3n) is 4.76. The van der Waals surface area contributed by atoms with Crippen LogP contribution in [0, 0.1) is 6.92 Å². The number of rotatable bonds is 7. The zero-order valence-corrected chi connectivity index (χ0v) is 16.0. The van der Waals surface area contributed by atoms with Crippen molar-refractivity contribution in [3.8, 4) is 5.75 Å². The van der Waals surface area contributed by atoms with Crippen LogP contribution in [0.4, 0.5) is 11.4 Å². The topological polar surface area (TPSA) is 63.2 Å². The molecule has 0 unspecified atom stereocenters. The van der Waals surface area contributed by atoms with E-state index in [0.29, 0.717) is 17.0 Å². The van der Waals surface area contributed by atoms with Crippen LogP contribution >= 0.6 is 0 Å². The Labute approximate surface area is 160 Å². The Hall–Kier alpha value is -2.82. The van der Waals surface area contributed by atoms with E-state index in [2.05, 4.69) is 21.7 Å². The van der Waals surface area contributed by atoms with Gasteiger partial charge in [-0.05, 0) is 62.8 Å². The molecule has 5 heteroatoms. The second-order valence-electron chi connectivity index (χ2n) is 6.91. The Kier molecular flexibility index (Phi) is 6.47. The number of ether oxygens (including phenoxy) is 1. The fourth-order valence-corrected chi connectivity index (χ4v) is 3.27. The Balaban J connectivity index is 1.61. The van der Waals surface area contributed by atoms with E-state index in [1.807, 2.05) is 31.2 Å². The van der Waals surface area contributed by atoms with Crippen molar-refractivity contribution in [2.24, 2.45) is 0 Å². The first-order chi connectivity index (χ1) is 13.2. The van der Waals surface area contributed by atoms with Crippen molar-refractivity contribution in [3.05, 3.63) is 59.4 Å². The molecule has 0 atom stereocenters. The molecule has 0 bridgehead atoms. The average molecular weight is 365 g/mol. The Morgan fingerprint density at radius 2 is 2.11 bits per heavy atom. The fourth-order valence-electron chi connectivity index (χ4n) is 3.27. The van der Waals surface area contributed by atoms with E-state index < -0.39 is 0 Å². The van der Waals surface area contributed by atoms with Crippen molar-refractivity contribution in [2.45, 2.75) is 39.0 Å². The minimum Gasteiger partial charge on any atom is -0.495 e. The number of amides is 1. The molecule has 0 saturated heterocycles. The van der Waals surface area contributed by atoms with Gasteiger partial charge in [-0.3, -0.25) is 9.78 Å². The molecule has 1 aromatic heterocycles. The molecular weight excluding hydrogens is 338 g/mol. The Morgan fingerprint density at radius 3 is 2.89 bits per heavy atom. The summed E-state index contributed by atoms with van der Waals surface area (Å²) in [5.74, 6) is 0.432. The van der Waals surface area contributed by atoms with Crippen LogP contribution in [-0.4, -0.2) is 24.5 Å². The zero-order valence-electron chi connectivity index (χ0n) is 16.0. The van der Waals surface area contributed by atoms with Crippen LogP contribution in [-0.2, 0) is 0 Å². The van der Waals surface area contributed by atoms with Crippen LogP contribution in [0.2, 0.25) is 0 Å². The summed E-state index contributed by atoms with van der Waals surface area (Å²) in [5.41, 5.74) is 4.61. The van der Waals surface area contributed by atoms with Gasteiger partial charge >= 0.3 is 0 Å². The minimum absolute atomic E-state index is 0.204. The highest BCUT2D eigenvalue weighted by molar-refractivity contribution is 6.05. The highest BCUT2D eigenvalue weighted by atomic mass is 16.5. The smallest absolute Gasteiger partial charge is 0.257 e. The lowest BCUT2D eigenvalue weighted by molar-refractivity contribution is 0.102. The number of carbonyl (C=O) groups excluding carboxylic acids is 1. The Morgan fingerprint density at radius 1 is 1.22 bits per heavy atom. The van der Waals surface area contributed by atoms with Gasteiger partial charge < -0.3 is 15.4 Å². The molecule has 1 heterocycles. The van der Waals surface area contributed by atoms with Crippen molar-refractivity contribution < 1.29 is 9.53 Å². The number of benzene rings is 1. The molecule has 2 N–H and O–H groups in total. The van der Waals surface area contributed by atoms with E-state index >= 15 is 0 Å². The number of aryl methyl sites for hydroxylation is 1. The zero-order chi connectivity index (χ0) is 19.1. The predicted molar refractivity (Wildman–Crippen MR) is 110 cm³/mol. The highest BCUT2D eigenvalue weighted by Crippen LogP contribution is 2.26. The fraction of sp³-hybridized carbons (Fsp3) is 0.364. The van der Waals surface area contributed by atoms with Gasteiger partial charge in [0.1, 0.15) is 5.75 Å². The number of hydrogen-bond acceptors (Lipinski definition) is 4. The highest BCUT2D eigenvalue weighted by Gasteiger charge is 2.11. The monoisotopic (exact) mass is 365 g/mol. The third kappa shape index (κ3) is 5.33. The molecule has 0 aliphatic heterocycles. The van der Waals surface area contributed by atoms with E-state index in [0.717, 1.165) is 24.2 Å². The van der Waals surface area contributed by atoms with Gasteiger partial charge in [0.15, 0.2) is 0 Å². The average Bonchev–Trinajstić information content (AvgIpc) is 2.69. The number of pyridine rings is 1. The van der Waals surface area contributed by atoms with Gasteiger partial charge in [-0.1, -0.05) is 17.7 Å². The molecule has 1 aromatic carbocycles. The first-order valence-corrected chi connectivity index (χ1v) is 9.48. The summed E-state index contributed by atoms with van der Waals surface area (Å²) in [7, 11) is 1.59. The summed E-state index contributed by atoms with van der Waals surface area (Å²) in [6.07, 6.45) is 11.7. The van der Waals surface area contributed by atoms with E-state index in [-0.39, 0.29) is 5.91 Å². The van der Waals surface area contributed by atoms with Crippen molar-refractivity contribution in [2.75, 3.05) is 24.3 Å². The second kappa shape index (κ2) is 9.21. The van der Waals surface area contributed by atoms with Gasteiger partial charge in [-0.25, -0.2) is 0 Å². The largest absolute Gasteiger partial charge is 0.495 e. The summed E-state index contributed by atoms with van der Waals surface area (Å²) in [6, 6.07) is 7.52. The van der Waals surface area contributed by atoms with Crippen molar-refractivity contribution in [3.63, 3.8) is 0 Å². The summed E-state index contributed by atoms with van der Waals surface area (Å²) >= 11 is 0. The van der Waals surface area contributed by atoms with Crippen molar-refractivity contribution in [1.29, 1.82) is 0 Å². The van der Waals surface area contributed by atoms with Gasteiger partial charge in [0.05, 0.1) is 24.0 Å². The lowest BCUT2D eigenvalue weighted by Crippen LogP contribution is -2.14. The maximum atomic E-state index is 12.6. The number of aromatic nitrogens is 1. The molecule has 1 aliphatic rings. The maximum Gasteiger partial charge on any atom is 0.257 e. The second-order valence-corrected chi connectivity index (χ2v) is 6.91. The maximum absolute atomic E-state index is 12.6. The van der Waals surface area contributed by atoms with Crippen LogP contribution < -0.4 is 15.4 Å². The standard InChI is InChI=1S/C22H27N3O2/c1-16-8-9-21(27-2)20(12-16)25-22(26)18-13-19(15-23-14-18)24-11-10-17-6-4-3-5-7-17/h6,8-9,12-15,24H,3-5,7,10-11H2,1-2H3,(H,25,26). The quantitative estimate of drug-likeness (QED) is 0.681. The molecule has 5 nitrogen and oxygen atoms in total. The molecule has 1 aliphatic carbocycles. The Bertz CT molecular complexity index is 830. The first-order valence-electron chi connectivity index (χ1n) is 9.48. The van der Waals surface area contributed by atoms with Crippen LogP contribution in [0.3, 0.4) is 0 Å². The summed E-state index contributed by atoms with van der Waals surface area (Å²) in [5, 5.41) is 6.29. The van der Waals surface area contributed by atoms with Gasteiger partial charge in [-0.2, -0.15) is 0 Å². The van der Waals surface area contributed by atoms with Gasteiger partial charge in [0, 0.05) is 18.9 Å². The summed E-state index contributed by atoms with van der Waals surface area (Å²) in [4.78, 5) is 16.8. The molecule has 0 spiro atoms. The molecule has 1 amide bonds. The summed E-state index contributed by atoms with van der Waals surface area (Å²) in [6.45, 7) is 2.83. The number of anilines is 2. The lowest BCUT2D eigenvalue weighted by atomic mass is 9.97. The molecule has 3 rings (SSSR count). The van der Waals surface area contributed by atoms with Gasteiger partial charge in [0.2, 0.25) is 0 Å². The van der Waals surface area contributed by atoms with E-state index in [1.165, 1.54) is 31.3 Å². The third-order valence-corrected chi connectivity index (χ3v) is 4.76. The predicted octanol–water partition coefficient (Wildman–Crippen LogP) is 4.95. The first kappa shape index (κ1) is 19.0. The van der Waals surface area contributed by atoms with Crippen molar-refractivity contribution in [1.82, 2.24) is 4.98 Å². The number of allylic oxidation sites excluding steroid dienone is 1. The molecule has 0 saturated carbocycles. The van der Waals surface area contributed by atoms with Gasteiger partial charge in [-0.15, -0.1) is 0 Å². The van der Waals surface area contributed by atoms with Crippen LogP contribution in [0.5, 0.6) is 5.75 Å². The number of carbonyl (C=O) groups is 1. The number of nitrogens with one attached hydrogen (secondary N) is 2. The molecular formula is C22H27N3O2. The molecule has 27 heavy (non-hydrogen) atoms. The normalized spacial score (nSPS) is 13.6. The van der Waals surface area contributed by atoms with E-state index in [4.69, 9.17) is 4.74 Å². The molecule has 0 fully saturated rings. The van der Waals surface area contributed by atoms with E-state index in [9.17, 15) is 4.79 Å². The van der Waals surface area contributed by atoms with Crippen LogP contribution in [0.15, 0.2) is 48.3 Å². The lowest BCUT2D eigenvalue weighted by Gasteiger charge is -2.14. The van der Waals surface area contributed by atoms with Crippen LogP contribution in [0.1, 0.15) is 48.0 Å². The number of methoxy groups -OCH3 is 1.